The summed E-state index contributed by atoms with van der Waals surface area (Å²) in [4.78, 5) is 68.0. The number of carbonyl (C=O) groups is 5. The molecule has 46 heavy (non-hydrogen) atoms. The molecule has 0 unspecified atom stereocenters. The highest BCUT2D eigenvalue weighted by Crippen LogP contribution is 2.25. The number of nitrogens with one attached hydrogen (secondary N) is 3. The first-order chi connectivity index (χ1) is 21.7. The van der Waals surface area contributed by atoms with Crippen molar-refractivity contribution in [2.24, 2.45) is 5.41 Å². The lowest BCUT2D eigenvalue weighted by molar-refractivity contribution is -0.142. The maximum atomic E-state index is 14.0. The lowest BCUT2D eigenvalue weighted by atomic mass is 9.87. The van der Waals surface area contributed by atoms with E-state index in [1.165, 1.54) is 11.7 Å². The number of amides is 4. The molecule has 1 aromatic heterocycles. The van der Waals surface area contributed by atoms with Crippen molar-refractivity contribution in [3.63, 3.8) is 0 Å². The summed E-state index contributed by atoms with van der Waals surface area (Å²) in [5.41, 5.74) is 0.586. The number of piperidine rings is 1. The molecule has 0 bridgehead atoms. The average Bonchev–Trinajstić information content (AvgIpc) is 3.35. The number of para-hydroxylation sites is 1. The summed E-state index contributed by atoms with van der Waals surface area (Å²) in [6.45, 7) is 11.8. The van der Waals surface area contributed by atoms with Crippen LogP contribution in [0.2, 0.25) is 0 Å². The first-order valence-corrected chi connectivity index (χ1v) is 16.3. The second-order valence-electron chi connectivity index (χ2n) is 13.6. The Hall–Kier alpha value is -4.09. The van der Waals surface area contributed by atoms with Crippen LogP contribution in [0, 0.1) is 5.41 Å². The third kappa shape index (κ3) is 9.46. The summed E-state index contributed by atoms with van der Waals surface area (Å²) >= 11 is 0. The number of unbranched alkanes of at least 4 members (excludes halogenated alkanes) is 1. The van der Waals surface area contributed by atoms with Crippen molar-refractivity contribution in [1.82, 2.24) is 25.4 Å². The van der Waals surface area contributed by atoms with E-state index in [1.807, 2.05) is 53.7 Å². The van der Waals surface area contributed by atoms with Crippen molar-refractivity contribution in [2.75, 3.05) is 7.11 Å². The number of urea groups is 1. The highest BCUT2D eigenvalue weighted by atomic mass is 16.5. The van der Waals surface area contributed by atoms with E-state index in [4.69, 9.17) is 4.74 Å². The largest absolute Gasteiger partial charge is 0.480 e. The zero-order valence-electron chi connectivity index (χ0n) is 28.2. The second kappa shape index (κ2) is 16.0. The minimum Gasteiger partial charge on any atom is -0.480 e. The number of rotatable bonds is 12. The van der Waals surface area contributed by atoms with E-state index in [-0.39, 0.29) is 42.8 Å². The number of carboxylic acid groups (broad SMARTS) is 1. The third-order valence-corrected chi connectivity index (χ3v) is 8.51. The Balaban J connectivity index is 1.98. The van der Waals surface area contributed by atoms with Gasteiger partial charge >= 0.3 is 18.1 Å². The van der Waals surface area contributed by atoms with E-state index in [2.05, 4.69) is 16.0 Å². The van der Waals surface area contributed by atoms with E-state index in [1.54, 1.807) is 23.1 Å². The van der Waals surface area contributed by atoms with Crippen LogP contribution in [0.4, 0.5) is 9.59 Å². The molecule has 2 aromatic rings. The fourth-order valence-electron chi connectivity index (χ4n) is 6.16. The molecule has 3 rings (SSSR count). The number of ether oxygens (including phenoxy) is 1. The molecule has 1 aromatic carbocycles. The lowest BCUT2D eigenvalue weighted by Gasteiger charge is -2.40. The normalized spacial score (nSPS) is 18.7. The smallest absolute Gasteiger partial charge is 0.418 e. The van der Waals surface area contributed by atoms with Crippen LogP contribution in [0.1, 0.15) is 92.2 Å². The Bertz CT molecular complexity index is 1390. The number of aromatic nitrogens is 1. The van der Waals surface area contributed by atoms with E-state index < -0.39 is 42.0 Å². The fourth-order valence-corrected chi connectivity index (χ4v) is 6.16. The monoisotopic (exact) mass is 641 g/mol. The predicted molar refractivity (Wildman–Crippen MR) is 175 cm³/mol. The summed E-state index contributed by atoms with van der Waals surface area (Å²) in [7, 11) is 1.25. The number of methoxy groups -OCH3 is 1. The van der Waals surface area contributed by atoms with Gasteiger partial charge in [0.2, 0.25) is 11.8 Å². The van der Waals surface area contributed by atoms with Crippen molar-refractivity contribution < 1.29 is 33.8 Å². The molecule has 2 heterocycles. The highest BCUT2D eigenvalue weighted by Gasteiger charge is 2.36. The van der Waals surface area contributed by atoms with Crippen molar-refractivity contribution in [3.05, 3.63) is 36.0 Å². The van der Waals surface area contributed by atoms with Gasteiger partial charge in [-0.15, -0.1) is 0 Å². The number of likely N-dealkylation sites (tertiary alicyclic amines) is 1. The maximum absolute atomic E-state index is 14.0. The quantitative estimate of drug-likeness (QED) is 0.259. The summed E-state index contributed by atoms with van der Waals surface area (Å²) < 4.78 is 6.36. The molecule has 0 spiro atoms. The van der Waals surface area contributed by atoms with Gasteiger partial charge < -0.3 is 30.7 Å². The maximum Gasteiger partial charge on any atom is 0.418 e. The molecule has 0 aliphatic carbocycles. The Labute approximate surface area is 271 Å². The summed E-state index contributed by atoms with van der Waals surface area (Å²) in [5, 5.41) is 18.9. The van der Waals surface area contributed by atoms with Crippen molar-refractivity contribution in [3.8, 4) is 0 Å². The number of hydrogen-bond donors (Lipinski definition) is 4. The first kappa shape index (κ1) is 36.4. The molecule has 1 fully saturated rings. The Kier molecular flexibility index (Phi) is 12.6. The zero-order valence-corrected chi connectivity index (χ0v) is 28.2. The van der Waals surface area contributed by atoms with Crippen LogP contribution < -0.4 is 16.0 Å². The van der Waals surface area contributed by atoms with E-state index in [0.717, 1.165) is 31.1 Å². The standard InChI is InChI=1S/C34H51N5O7/c1-8-9-16-25(31(42)43)35-29(40)26(19-24-18-23-15-10-11-17-28(23)39(24)33(45)46-7)36-30(41)27(20-34(4,5)6)37-32(44)38-21(2)13-12-14-22(38)3/h10-11,15,17-18,21-22,25-27H,8-9,12-14,16,19-20H2,1-7H3,(H,35,40)(H,36,41)(H,37,44)(H,42,43)/t21-,22+,25-,26-,27+/m1/s1. The minimum absolute atomic E-state index is 0.0111. The average molecular weight is 642 g/mol. The molecule has 1 aliphatic rings. The van der Waals surface area contributed by atoms with Crippen molar-refractivity contribution in [1.29, 1.82) is 0 Å². The molecule has 12 heteroatoms. The highest BCUT2D eigenvalue weighted by molar-refractivity contribution is 5.95. The van der Waals surface area contributed by atoms with Gasteiger partial charge in [0.15, 0.2) is 0 Å². The SMILES string of the molecule is CCCC[C@@H](NC(=O)[C@@H](Cc1cc2ccccc2n1C(=O)OC)NC(=O)[C@H](CC(C)(C)C)NC(=O)N1[C@H](C)CCC[C@@H]1C)C(=O)O. The van der Waals surface area contributed by atoms with Gasteiger partial charge in [-0.3, -0.25) is 9.59 Å². The van der Waals surface area contributed by atoms with E-state index in [9.17, 15) is 29.1 Å². The summed E-state index contributed by atoms with van der Waals surface area (Å²) in [6, 6.07) is 5.14. The predicted octanol–water partition coefficient (Wildman–Crippen LogP) is 4.82. The van der Waals surface area contributed by atoms with Crippen molar-refractivity contribution >= 4 is 40.8 Å². The number of hydrogen-bond acceptors (Lipinski definition) is 6. The Morgan fingerprint density at radius 3 is 2.15 bits per heavy atom. The molecule has 254 valence electrons. The van der Waals surface area contributed by atoms with Gasteiger partial charge in [0, 0.05) is 29.6 Å². The lowest BCUT2D eigenvalue weighted by Crippen LogP contribution is -2.60. The first-order valence-electron chi connectivity index (χ1n) is 16.3. The Morgan fingerprint density at radius 2 is 1.57 bits per heavy atom. The van der Waals surface area contributed by atoms with Gasteiger partial charge in [0.25, 0.3) is 0 Å². The Morgan fingerprint density at radius 1 is 0.957 bits per heavy atom. The number of carboxylic acids is 1. The van der Waals surface area contributed by atoms with Crippen LogP contribution in [0.3, 0.4) is 0 Å². The van der Waals surface area contributed by atoms with E-state index in [0.29, 0.717) is 17.6 Å². The number of nitrogens with zero attached hydrogens (tertiary/aromatic N) is 2. The molecule has 12 nitrogen and oxygen atoms in total. The van der Waals surface area contributed by atoms with Crippen LogP contribution in [0.15, 0.2) is 30.3 Å². The molecule has 0 saturated carbocycles. The molecule has 1 saturated heterocycles. The van der Waals surface area contributed by atoms with Crippen LogP contribution in [-0.2, 0) is 25.5 Å². The molecule has 4 amide bonds. The summed E-state index contributed by atoms with van der Waals surface area (Å²) in [6.07, 6.45) is 3.77. The van der Waals surface area contributed by atoms with Gasteiger partial charge in [0.1, 0.15) is 18.1 Å². The van der Waals surface area contributed by atoms with Gasteiger partial charge in [-0.2, -0.15) is 0 Å². The summed E-state index contributed by atoms with van der Waals surface area (Å²) in [5.74, 6) is -2.47. The fraction of sp³-hybridized carbons (Fsp3) is 0.618. The number of fused-ring (bicyclic) bond motifs is 1. The van der Waals surface area contributed by atoms with Crippen molar-refractivity contribution in [2.45, 2.75) is 123 Å². The minimum atomic E-state index is -1.27. The molecule has 0 radical (unpaired) electrons. The molecular weight excluding hydrogens is 590 g/mol. The number of carbonyl (C=O) groups excluding carboxylic acids is 4. The topological polar surface area (TPSA) is 159 Å². The number of benzene rings is 1. The van der Waals surface area contributed by atoms with Gasteiger partial charge in [-0.05, 0) is 63.5 Å². The zero-order chi connectivity index (χ0) is 34.2. The molecule has 1 aliphatic heterocycles. The number of aliphatic carboxylic acids is 1. The van der Waals surface area contributed by atoms with Gasteiger partial charge in [-0.1, -0.05) is 58.7 Å². The van der Waals surface area contributed by atoms with Crippen LogP contribution in [-0.4, -0.2) is 81.8 Å². The van der Waals surface area contributed by atoms with Gasteiger partial charge in [-0.25, -0.2) is 19.0 Å². The molecule has 4 N–H and O–H groups in total. The molecular formula is C34H51N5O7. The third-order valence-electron chi connectivity index (χ3n) is 8.51. The van der Waals surface area contributed by atoms with Crippen LogP contribution in [0.25, 0.3) is 10.9 Å². The second-order valence-corrected chi connectivity index (χ2v) is 13.6. The van der Waals surface area contributed by atoms with E-state index >= 15 is 0 Å². The van der Waals surface area contributed by atoms with Crippen LogP contribution >= 0.6 is 0 Å². The molecule has 5 atom stereocenters. The van der Waals surface area contributed by atoms with Gasteiger partial charge in [0.05, 0.1) is 12.6 Å². The van der Waals surface area contributed by atoms with Crippen LogP contribution in [0.5, 0.6) is 0 Å².